The summed E-state index contributed by atoms with van der Waals surface area (Å²) in [5.41, 5.74) is 7.55. The molecular weight excluding hydrogens is 573 g/mol. The Morgan fingerprint density at radius 2 is 1.76 bits per heavy atom. The van der Waals surface area contributed by atoms with Crippen LogP contribution < -0.4 is 4.74 Å². The van der Waals surface area contributed by atoms with Gasteiger partial charge in [0.25, 0.3) is 0 Å². The summed E-state index contributed by atoms with van der Waals surface area (Å²) in [6.07, 6.45) is -0.0123. The van der Waals surface area contributed by atoms with E-state index < -0.39 is 29.6 Å². The van der Waals surface area contributed by atoms with Crippen molar-refractivity contribution in [2.45, 2.75) is 99.1 Å². The van der Waals surface area contributed by atoms with Crippen molar-refractivity contribution in [1.29, 1.82) is 0 Å². The molecule has 3 aromatic carbocycles. The van der Waals surface area contributed by atoms with Crippen LogP contribution in [0.15, 0.2) is 36.4 Å². The van der Waals surface area contributed by atoms with Gasteiger partial charge in [-0.05, 0) is 119 Å². The maximum Gasteiger partial charge on any atom is 0.410 e. The zero-order valence-electron chi connectivity index (χ0n) is 27.6. The molecule has 1 amide bonds. The molecule has 0 saturated heterocycles. The van der Waals surface area contributed by atoms with Crippen molar-refractivity contribution in [1.82, 2.24) is 4.90 Å². The van der Waals surface area contributed by atoms with Crippen LogP contribution in [-0.4, -0.2) is 35.8 Å². The van der Waals surface area contributed by atoms with E-state index in [1.54, 1.807) is 11.8 Å². The van der Waals surface area contributed by atoms with E-state index in [9.17, 15) is 9.59 Å². The maximum atomic E-state index is 15.7. The molecule has 1 unspecified atom stereocenters. The Hall–Kier alpha value is -3.91. The maximum absolute atomic E-state index is 15.7. The summed E-state index contributed by atoms with van der Waals surface area (Å²) in [5.74, 6) is -0.647. The number of ether oxygens (including phenoxy) is 4. The van der Waals surface area contributed by atoms with Crippen molar-refractivity contribution < 1.29 is 32.9 Å². The van der Waals surface area contributed by atoms with E-state index in [0.29, 0.717) is 36.4 Å². The predicted octanol–water partition coefficient (Wildman–Crippen LogP) is 8.38. The highest BCUT2D eigenvalue weighted by Crippen LogP contribution is 2.49. The number of hydrogen-bond acceptors (Lipinski definition) is 6. The molecule has 0 radical (unpaired) electrons. The molecule has 2 atom stereocenters. The van der Waals surface area contributed by atoms with Gasteiger partial charge >= 0.3 is 12.1 Å². The molecule has 2 aliphatic heterocycles. The third-order valence-electron chi connectivity index (χ3n) is 8.82. The molecule has 240 valence electrons. The van der Waals surface area contributed by atoms with Gasteiger partial charge in [-0.1, -0.05) is 30.3 Å². The first-order chi connectivity index (χ1) is 21.3. The van der Waals surface area contributed by atoms with E-state index in [1.807, 2.05) is 78.8 Å². The Bertz CT molecular complexity index is 1610. The van der Waals surface area contributed by atoms with Crippen LogP contribution in [0.3, 0.4) is 0 Å². The number of fused-ring (bicyclic) bond motifs is 2. The molecular formula is C37H44FNO6. The predicted molar refractivity (Wildman–Crippen MR) is 171 cm³/mol. The summed E-state index contributed by atoms with van der Waals surface area (Å²) in [7, 11) is 0. The van der Waals surface area contributed by atoms with E-state index in [2.05, 4.69) is 0 Å². The van der Waals surface area contributed by atoms with Gasteiger partial charge in [0, 0.05) is 11.1 Å². The molecule has 45 heavy (non-hydrogen) atoms. The summed E-state index contributed by atoms with van der Waals surface area (Å²) >= 11 is 0. The number of amides is 1. The lowest BCUT2D eigenvalue weighted by Crippen LogP contribution is -2.30. The van der Waals surface area contributed by atoms with Gasteiger partial charge in [0.15, 0.2) is 17.7 Å². The number of esters is 1. The summed E-state index contributed by atoms with van der Waals surface area (Å²) in [6, 6.07) is 10.8. The van der Waals surface area contributed by atoms with Crippen molar-refractivity contribution >= 4 is 12.1 Å². The highest BCUT2D eigenvalue weighted by atomic mass is 19.1. The molecule has 0 aromatic heterocycles. The van der Waals surface area contributed by atoms with E-state index in [1.165, 1.54) is 6.07 Å². The zero-order chi connectivity index (χ0) is 32.6. The number of carbonyl (C=O) groups excluding carboxylic acids is 2. The van der Waals surface area contributed by atoms with Crippen LogP contribution in [0.1, 0.15) is 97.7 Å². The number of carbonyl (C=O) groups is 2. The Labute approximate surface area is 265 Å². The molecule has 0 saturated carbocycles. The monoisotopic (exact) mass is 617 g/mol. The van der Waals surface area contributed by atoms with Gasteiger partial charge in [-0.25, -0.2) is 14.0 Å². The highest BCUT2D eigenvalue weighted by molar-refractivity contribution is 5.87. The largest absolute Gasteiger partial charge is 0.490 e. The first-order valence-electron chi connectivity index (χ1n) is 15.8. The van der Waals surface area contributed by atoms with Gasteiger partial charge < -0.3 is 18.9 Å². The van der Waals surface area contributed by atoms with Crippen LogP contribution in [-0.2, 0) is 38.6 Å². The number of rotatable bonds is 7. The van der Waals surface area contributed by atoms with Crippen LogP contribution in [0.25, 0.3) is 11.1 Å². The molecule has 0 spiro atoms. The zero-order valence-corrected chi connectivity index (χ0v) is 27.6. The van der Waals surface area contributed by atoms with Crippen LogP contribution in [0.4, 0.5) is 9.18 Å². The standard InChI is InChI=1S/C37H44FNO6/c1-9-42-35(40)34(45-37(6,7)8)32-22(3)28-19-39(36(41)44-20-25-14-11-10-12-15-25)24(5)30(28)23(4)31(32)27-18-29(38)33-26(21(27)2)16-13-17-43-33/h10-12,14-15,18,24,34H,9,13,16-17,19-20H2,1-8H3/t24?,34-/m0/s1. The van der Waals surface area contributed by atoms with Gasteiger partial charge in [-0.15, -0.1) is 0 Å². The lowest BCUT2D eigenvalue weighted by molar-refractivity contribution is -0.166. The van der Waals surface area contributed by atoms with Crippen LogP contribution in [0.5, 0.6) is 5.75 Å². The minimum Gasteiger partial charge on any atom is -0.490 e. The average Bonchev–Trinajstić information content (AvgIpc) is 3.36. The molecule has 0 fully saturated rings. The van der Waals surface area contributed by atoms with Crippen molar-refractivity contribution in [2.24, 2.45) is 0 Å². The molecule has 8 heteroatoms. The topological polar surface area (TPSA) is 74.3 Å². The van der Waals surface area contributed by atoms with E-state index in [4.69, 9.17) is 18.9 Å². The third kappa shape index (κ3) is 6.30. The summed E-state index contributed by atoms with van der Waals surface area (Å²) < 4.78 is 39.3. The molecule has 0 aliphatic carbocycles. The second-order valence-electron chi connectivity index (χ2n) is 12.9. The lowest BCUT2D eigenvalue weighted by Gasteiger charge is -2.32. The molecule has 0 N–H and O–H groups in total. The van der Waals surface area contributed by atoms with E-state index >= 15 is 4.39 Å². The highest BCUT2D eigenvalue weighted by Gasteiger charge is 2.41. The van der Waals surface area contributed by atoms with Crippen LogP contribution in [0, 0.1) is 26.6 Å². The van der Waals surface area contributed by atoms with Crippen molar-refractivity contribution in [3.63, 3.8) is 0 Å². The summed E-state index contributed by atoms with van der Waals surface area (Å²) in [6.45, 7) is 16.5. The van der Waals surface area contributed by atoms with Crippen molar-refractivity contribution in [3.05, 3.63) is 86.7 Å². The minimum atomic E-state index is -1.08. The molecule has 3 aromatic rings. The molecule has 2 heterocycles. The quantitative estimate of drug-likeness (QED) is 0.248. The number of hydrogen-bond donors (Lipinski definition) is 0. The van der Waals surface area contributed by atoms with Gasteiger partial charge in [-0.2, -0.15) is 0 Å². The Morgan fingerprint density at radius 3 is 2.42 bits per heavy atom. The SMILES string of the molecule is CCOC(=O)[C@@H](OC(C)(C)C)c1c(C)c2c(c(C)c1-c1cc(F)c3c(c1C)CCCO3)C(C)N(C(=O)OCc1ccccc1)C2. The number of benzene rings is 3. The Kier molecular flexibility index (Phi) is 9.26. The smallest absolute Gasteiger partial charge is 0.410 e. The normalized spacial score (nSPS) is 16.5. The van der Waals surface area contributed by atoms with Crippen LogP contribution >= 0.6 is 0 Å². The van der Waals surface area contributed by atoms with Gasteiger partial charge in [0.2, 0.25) is 0 Å². The van der Waals surface area contributed by atoms with Crippen LogP contribution in [0.2, 0.25) is 0 Å². The van der Waals surface area contributed by atoms with E-state index in [0.717, 1.165) is 50.9 Å². The summed E-state index contributed by atoms with van der Waals surface area (Å²) in [5, 5.41) is 0. The fourth-order valence-electron chi connectivity index (χ4n) is 6.76. The number of nitrogens with zero attached hydrogens (tertiary/aromatic N) is 1. The average molecular weight is 618 g/mol. The van der Waals surface area contributed by atoms with Gasteiger partial charge in [-0.3, -0.25) is 4.90 Å². The summed E-state index contributed by atoms with van der Waals surface area (Å²) in [4.78, 5) is 28.9. The third-order valence-corrected chi connectivity index (χ3v) is 8.82. The second-order valence-corrected chi connectivity index (χ2v) is 12.9. The number of halogens is 1. The van der Waals surface area contributed by atoms with Crippen molar-refractivity contribution in [3.8, 4) is 16.9 Å². The first kappa shape index (κ1) is 32.5. The lowest BCUT2D eigenvalue weighted by atomic mass is 9.80. The van der Waals surface area contributed by atoms with Gasteiger partial charge in [0.05, 0.1) is 31.4 Å². The Morgan fingerprint density at radius 1 is 1.04 bits per heavy atom. The molecule has 7 nitrogen and oxygen atoms in total. The minimum absolute atomic E-state index is 0.160. The molecule has 2 aliphatic rings. The fraction of sp³-hybridized carbons (Fsp3) is 0.459. The fourth-order valence-corrected chi connectivity index (χ4v) is 6.76. The molecule has 5 rings (SSSR count). The Balaban J connectivity index is 1.70. The van der Waals surface area contributed by atoms with Crippen molar-refractivity contribution in [2.75, 3.05) is 13.2 Å². The molecule has 0 bridgehead atoms. The van der Waals surface area contributed by atoms with E-state index in [-0.39, 0.29) is 19.3 Å². The van der Waals surface area contributed by atoms with Gasteiger partial charge in [0.1, 0.15) is 6.61 Å². The second kappa shape index (κ2) is 12.8. The first-order valence-corrected chi connectivity index (χ1v) is 15.8.